The smallest absolute Gasteiger partial charge is 0.113 e. The maximum atomic E-state index is 5.78. The van der Waals surface area contributed by atoms with Crippen LogP contribution in [0.25, 0.3) is 0 Å². The molecular weight excluding hydrogens is 236 g/mol. The number of hydrogen-bond donors (Lipinski definition) is 1. The molecule has 1 N–H and O–H groups in total. The highest BCUT2D eigenvalue weighted by molar-refractivity contribution is 7.98. The standard InChI is InChI=1S/C9H15ClN2S2/c1-7(6-13-2)3-11-5-9-12-4-8(10)14-9/h4,7,11H,3,5-6H2,1-2H3. The molecule has 5 heteroatoms. The molecule has 0 aliphatic rings. The van der Waals surface area contributed by atoms with Gasteiger partial charge in [0.05, 0.1) is 6.20 Å². The number of aromatic nitrogens is 1. The first-order chi connectivity index (χ1) is 6.72. The average molecular weight is 251 g/mol. The van der Waals surface area contributed by atoms with Crippen LogP contribution in [0.2, 0.25) is 4.34 Å². The van der Waals surface area contributed by atoms with E-state index in [1.807, 2.05) is 11.8 Å². The molecule has 0 fully saturated rings. The van der Waals surface area contributed by atoms with E-state index in [1.54, 1.807) is 6.20 Å². The molecule has 0 bridgehead atoms. The Morgan fingerprint density at radius 1 is 1.71 bits per heavy atom. The molecule has 1 rings (SSSR count). The molecule has 0 spiro atoms. The minimum atomic E-state index is 0.709. The van der Waals surface area contributed by atoms with Crippen molar-refractivity contribution >= 4 is 34.7 Å². The van der Waals surface area contributed by atoms with E-state index in [0.29, 0.717) is 5.92 Å². The fourth-order valence-electron chi connectivity index (χ4n) is 1.14. The van der Waals surface area contributed by atoms with Crippen molar-refractivity contribution in [1.29, 1.82) is 0 Å². The molecule has 0 aliphatic heterocycles. The summed E-state index contributed by atoms with van der Waals surface area (Å²) in [6.45, 7) is 4.12. The Kier molecular flexibility index (Phi) is 5.86. The van der Waals surface area contributed by atoms with Crippen molar-refractivity contribution in [3.63, 3.8) is 0 Å². The minimum absolute atomic E-state index is 0.709. The highest BCUT2D eigenvalue weighted by atomic mass is 35.5. The predicted octanol–water partition coefficient (Wildman–Crippen LogP) is 2.89. The first kappa shape index (κ1) is 12.3. The molecule has 1 atom stereocenters. The van der Waals surface area contributed by atoms with Crippen LogP contribution in [0.3, 0.4) is 0 Å². The summed E-state index contributed by atoms with van der Waals surface area (Å²) in [5.74, 6) is 1.91. The molecule has 14 heavy (non-hydrogen) atoms. The van der Waals surface area contributed by atoms with Crippen LogP contribution >= 0.6 is 34.7 Å². The molecular formula is C9H15ClN2S2. The van der Waals surface area contributed by atoms with Crippen LogP contribution in [0.5, 0.6) is 0 Å². The SMILES string of the molecule is CSCC(C)CNCc1ncc(Cl)s1. The summed E-state index contributed by atoms with van der Waals surface area (Å²) in [5, 5.41) is 4.44. The summed E-state index contributed by atoms with van der Waals surface area (Å²) in [7, 11) is 0. The molecule has 1 aromatic heterocycles. The van der Waals surface area contributed by atoms with Crippen LogP contribution in [0.15, 0.2) is 6.20 Å². The molecule has 1 aromatic rings. The van der Waals surface area contributed by atoms with Crippen molar-refractivity contribution in [3.05, 3.63) is 15.5 Å². The van der Waals surface area contributed by atoms with Crippen molar-refractivity contribution in [1.82, 2.24) is 10.3 Å². The Morgan fingerprint density at radius 3 is 3.07 bits per heavy atom. The topological polar surface area (TPSA) is 24.9 Å². The number of nitrogens with one attached hydrogen (secondary N) is 1. The largest absolute Gasteiger partial charge is 0.310 e. The first-order valence-electron chi connectivity index (χ1n) is 4.52. The van der Waals surface area contributed by atoms with E-state index in [9.17, 15) is 0 Å². The highest BCUT2D eigenvalue weighted by Gasteiger charge is 2.02. The van der Waals surface area contributed by atoms with E-state index in [-0.39, 0.29) is 0 Å². The number of thioether (sulfide) groups is 1. The van der Waals surface area contributed by atoms with E-state index in [2.05, 4.69) is 23.5 Å². The van der Waals surface area contributed by atoms with Crippen LogP contribution in [-0.4, -0.2) is 23.5 Å². The molecule has 0 aliphatic carbocycles. The average Bonchev–Trinajstić information content (AvgIpc) is 2.52. The second-order valence-corrected chi connectivity index (χ2v) is 5.91. The third kappa shape index (κ3) is 4.64. The fraction of sp³-hybridized carbons (Fsp3) is 0.667. The van der Waals surface area contributed by atoms with Crippen LogP contribution in [-0.2, 0) is 6.54 Å². The predicted molar refractivity (Wildman–Crippen MR) is 66.4 cm³/mol. The van der Waals surface area contributed by atoms with E-state index in [0.717, 1.165) is 22.4 Å². The van der Waals surface area contributed by atoms with Crippen LogP contribution in [0.1, 0.15) is 11.9 Å². The lowest BCUT2D eigenvalue weighted by molar-refractivity contribution is 0.558. The zero-order valence-corrected chi connectivity index (χ0v) is 10.8. The molecule has 0 radical (unpaired) electrons. The third-order valence-corrected chi connectivity index (χ3v) is 3.76. The molecule has 0 aromatic carbocycles. The zero-order valence-electron chi connectivity index (χ0n) is 8.42. The Balaban J connectivity index is 2.15. The number of rotatable bonds is 6. The van der Waals surface area contributed by atoms with Gasteiger partial charge in [0.25, 0.3) is 0 Å². The summed E-state index contributed by atoms with van der Waals surface area (Å²) >= 11 is 9.20. The summed E-state index contributed by atoms with van der Waals surface area (Å²) < 4.78 is 0.763. The Hall–Kier alpha value is 0.230. The number of thiazole rings is 1. The maximum Gasteiger partial charge on any atom is 0.113 e. The van der Waals surface area contributed by atoms with Crippen molar-refractivity contribution in [3.8, 4) is 0 Å². The molecule has 80 valence electrons. The zero-order chi connectivity index (χ0) is 10.4. The Bertz CT molecular complexity index is 265. The molecule has 2 nitrogen and oxygen atoms in total. The van der Waals surface area contributed by atoms with Gasteiger partial charge >= 0.3 is 0 Å². The van der Waals surface area contributed by atoms with Crippen molar-refractivity contribution in [2.24, 2.45) is 5.92 Å². The Labute approximate surface area is 98.5 Å². The molecule has 0 amide bonds. The summed E-state index contributed by atoms with van der Waals surface area (Å²) in [4.78, 5) is 4.18. The summed E-state index contributed by atoms with van der Waals surface area (Å²) in [6.07, 6.45) is 3.84. The van der Waals surface area contributed by atoms with Gasteiger partial charge < -0.3 is 5.32 Å². The first-order valence-corrected chi connectivity index (χ1v) is 7.11. The molecule has 1 heterocycles. The normalized spacial score (nSPS) is 13.1. The monoisotopic (exact) mass is 250 g/mol. The van der Waals surface area contributed by atoms with Gasteiger partial charge in [0.1, 0.15) is 9.34 Å². The summed E-state index contributed by atoms with van der Waals surface area (Å²) in [5.41, 5.74) is 0. The van der Waals surface area contributed by atoms with Crippen molar-refractivity contribution in [2.75, 3.05) is 18.6 Å². The van der Waals surface area contributed by atoms with Gasteiger partial charge in [-0.3, -0.25) is 0 Å². The van der Waals surface area contributed by atoms with Gasteiger partial charge in [-0.05, 0) is 24.5 Å². The summed E-state index contributed by atoms with van der Waals surface area (Å²) in [6, 6.07) is 0. The molecule has 1 unspecified atom stereocenters. The van der Waals surface area contributed by atoms with E-state index in [1.165, 1.54) is 17.1 Å². The van der Waals surface area contributed by atoms with Gasteiger partial charge in [-0.15, -0.1) is 11.3 Å². The molecule has 0 saturated heterocycles. The van der Waals surface area contributed by atoms with Crippen molar-refractivity contribution < 1.29 is 0 Å². The quantitative estimate of drug-likeness (QED) is 0.841. The minimum Gasteiger partial charge on any atom is -0.310 e. The number of nitrogens with zero attached hydrogens (tertiary/aromatic N) is 1. The van der Waals surface area contributed by atoms with E-state index < -0.39 is 0 Å². The second kappa shape index (κ2) is 6.67. The molecule has 0 saturated carbocycles. The maximum absolute atomic E-state index is 5.78. The van der Waals surface area contributed by atoms with E-state index in [4.69, 9.17) is 11.6 Å². The third-order valence-electron chi connectivity index (χ3n) is 1.75. The van der Waals surface area contributed by atoms with Crippen LogP contribution in [0, 0.1) is 5.92 Å². The highest BCUT2D eigenvalue weighted by Crippen LogP contribution is 2.17. The van der Waals surface area contributed by atoms with Crippen LogP contribution in [0.4, 0.5) is 0 Å². The number of halogens is 1. The van der Waals surface area contributed by atoms with Gasteiger partial charge in [0.2, 0.25) is 0 Å². The Morgan fingerprint density at radius 2 is 2.50 bits per heavy atom. The van der Waals surface area contributed by atoms with Crippen molar-refractivity contribution in [2.45, 2.75) is 13.5 Å². The lowest BCUT2D eigenvalue weighted by Crippen LogP contribution is -2.21. The number of hydrogen-bond acceptors (Lipinski definition) is 4. The van der Waals surface area contributed by atoms with Gasteiger partial charge in [0.15, 0.2) is 0 Å². The van der Waals surface area contributed by atoms with Crippen LogP contribution < -0.4 is 5.32 Å². The fourth-order valence-corrected chi connectivity index (χ4v) is 2.75. The van der Waals surface area contributed by atoms with Gasteiger partial charge in [-0.25, -0.2) is 4.98 Å². The van der Waals surface area contributed by atoms with E-state index >= 15 is 0 Å². The van der Waals surface area contributed by atoms with Gasteiger partial charge in [0, 0.05) is 6.54 Å². The van der Waals surface area contributed by atoms with Gasteiger partial charge in [-0.1, -0.05) is 18.5 Å². The lowest BCUT2D eigenvalue weighted by Gasteiger charge is -2.09. The lowest BCUT2D eigenvalue weighted by atomic mass is 10.2. The van der Waals surface area contributed by atoms with Gasteiger partial charge in [-0.2, -0.15) is 11.8 Å². The second-order valence-electron chi connectivity index (χ2n) is 3.25.